The molecule has 0 radical (unpaired) electrons. The lowest BCUT2D eigenvalue weighted by Crippen LogP contribution is -2.12. The molecule has 0 spiro atoms. The number of ketones is 1. The summed E-state index contributed by atoms with van der Waals surface area (Å²) in [4.78, 5) is 12.3. The molecule has 0 aromatic heterocycles. The number of hydrogen-bond acceptors (Lipinski definition) is 1. The van der Waals surface area contributed by atoms with Gasteiger partial charge in [-0.2, -0.15) is 0 Å². The van der Waals surface area contributed by atoms with E-state index in [9.17, 15) is 4.79 Å². The second-order valence-electron chi connectivity index (χ2n) is 6.74. The highest BCUT2D eigenvalue weighted by molar-refractivity contribution is 6.30. The van der Waals surface area contributed by atoms with Crippen LogP contribution in [-0.2, 0) is 4.79 Å². The number of allylic oxidation sites excluding steroid dienone is 2. The molecular weight excluding hydrogens is 340 g/mol. The van der Waals surface area contributed by atoms with E-state index in [-0.39, 0.29) is 11.7 Å². The quantitative estimate of drug-likeness (QED) is 0.519. The standard InChI is InChI=1S/C24H19ClO/c25-23-12-10-20(11-13-23)22-14-21(15-24(26)16-22)19-8-6-18(7-9-19)17-4-2-1-3-5-17/h1-13,15,22H,14,16H2/t22-/m1/s1. The minimum Gasteiger partial charge on any atom is -0.295 e. The van der Waals surface area contributed by atoms with Gasteiger partial charge in [-0.1, -0.05) is 78.3 Å². The molecule has 1 atom stereocenters. The lowest BCUT2D eigenvalue weighted by atomic mass is 9.81. The zero-order chi connectivity index (χ0) is 17.9. The van der Waals surface area contributed by atoms with Crippen LogP contribution >= 0.6 is 11.6 Å². The second kappa shape index (κ2) is 7.31. The zero-order valence-corrected chi connectivity index (χ0v) is 15.1. The van der Waals surface area contributed by atoms with Gasteiger partial charge in [-0.25, -0.2) is 0 Å². The molecule has 0 amide bonds. The average molecular weight is 359 g/mol. The molecule has 26 heavy (non-hydrogen) atoms. The molecule has 0 aliphatic heterocycles. The van der Waals surface area contributed by atoms with Gasteiger partial charge in [-0.05, 0) is 58.4 Å². The van der Waals surface area contributed by atoms with Gasteiger partial charge >= 0.3 is 0 Å². The molecule has 0 N–H and O–H groups in total. The lowest BCUT2D eigenvalue weighted by molar-refractivity contribution is -0.115. The summed E-state index contributed by atoms with van der Waals surface area (Å²) < 4.78 is 0. The fourth-order valence-corrected chi connectivity index (χ4v) is 3.70. The van der Waals surface area contributed by atoms with Crippen molar-refractivity contribution >= 4 is 23.0 Å². The van der Waals surface area contributed by atoms with Gasteiger partial charge in [0.05, 0.1) is 0 Å². The van der Waals surface area contributed by atoms with E-state index in [0.717, 1.165) is 22.6 Å². The van der Waals surface area contributed by atoms with E-state index in [4.69, 9.17) is 11.6 Å². The van der Waals surface area contributed by atoms with E-state index < -0.39 is 0 Å². The summed E-state index contributed by atoms with van der Waals surface area (Å²) in [7, 11) is 0. The predicted molar refractivity (Wildman–Crippen MR) is 108 cm³/mol. The molecule has 0 saturated heterocycles. The number of benzene rings is 3. The van der Waals surface area contributed by atoms with Crippen molar-refractivity contribution in [2.45, 2.75) is 18.8 Å². The van der Waals surface area contributed by atoms with Crippen LogP contribution in [0.3, 0.4) is 0 Å². The molecule has 0 fully saturated rings. The number of hydrogen-bond donors (Lipinski definition) is 0. The molecule has 3 aromatic rings. The first-order valence-corrected chi connectivity index (χ1v) is 9.21. The number of halogens is 1. The van der Waals surface area contributed by atoms with E-state index in [1.165, 1.54) is 16.7 Å². The van der Waals surface area contributed by atoms with Crippen LogP contribution in [0.1, 0.15) is 29.9 Å². The van der Waals surface area contributed by atoms with Crippen LogP contribution in [0.5, 0.6) is 0 Å². The van der Waals surface area contributed by atoms with E-state index in [0.29, 0.717) is 6.42 Å². The van der Waals surface area contributed by atoms with Crippen molar-refractivity contribution in [1.82, 2.24) is 0 Å². The van der Waals surface area contributed by atoms with E-state index in [1.807, 2.05) is 48.5 Å². The number of rotatable bonds is 3. The summed E-state index contributed by atoms with van der Waals surface area (Å²) in [5, 5.41) is 0.725. The first kappa shape index (κ1) is 16.8. The molecule has 1 nitrogen and oxygen atoms in total. The highest BCUT2D eigenvalue weighted by atomic mass is 35.5. The maximum Gasteiger partial charge on any atom is 0.156 e. The molecule has 0 saturated carbocycles. The molecule has 1 aliphatic carbocycles. The summed E-state index contributed by atoms with van der Waals surface area (Å²) in [6, 6.07) is 26.7. The summed E-state index contributed by atoms with van der Waals surface area (Å²) in [6.45, 7) is 0. The minimum absolute atomic E-state index is 0.193. The van der Waals surface area contributed by atoms with Gasteiger partial charge in [0.15, 0.2) is 5.78 Å². The Morgan fingerprint density at radius 3 is 2.00 bits per heavy atom. The van der Waals surface area contributed by atoms with Gasteiger partial charge in [0, 0.05) is 11.4 Å². The van der Waals surface area contributed by atoms with Crippen molar-refractivity contribution in [2.24, 2.45) is 0 Å². The first-order chi connectivity index (χ1) is 12.7. The maximum atomic E-state index is 12.3. The molecule has 0 heterocycles. The van der Waals surface area contributed by atoms with Crippen LogP contribution in [0, 0.1) is 0 Å². The summed E-state index contributed by atoms with van der Waals surface area (Å²) in [6.07, 6.45) is 3.25. The summed E-state index contributed by atoms with van der Waals surface area (Å²) in [5.41, 5.74) is 5.80. The van der Waals surface area contributed by atoms with Gasteiger partial charge in [0.25, 0.3) is 0 Å². The second-order valence-corrected chi connectivity index (χ2v) is 7.17. The monoisotopic (exact) mass is 358 g/mol. The zero-order valence-electron chi connectivity index (χ0n) is 14.4. The Hall–Kier alpha value is -2.64. The smallest absolute Gasteiger partial charge is 0.156 e. The van der Waals surface area contributed by atoms with Crippen molar-refractivity contribution in [1.29, 1.82) is 0 Å². The SMILES string of the molecule is O=C1C=C(c2ccc(-c3ccccc3)cc2)C[C@@H](c2ccc(Cl)cc2)C1. The van der Waals surface area contributed by atoms with Gasteiger partial charge in [-0.15, -0.1) is 0 Å². The van der Waals surface area contributed by atoms with Crippen molar-refractivity contribution < 1.29 is 4.79 Å². The van der Waals surface area contributed by atoms with Gasteiger partial charge in [-0.3, -0.25) is 4.79 Å². The molecule has 3 aromatic carbocycles. The Bertz CT molecular complexity index is 938. The van der Waals surface area contributed by atoms with Crippen molar-refractivity contribution in [3.8, 4) is 11.1 Å². The van der Waals surface area contributed by atoms with Gasteiger partial charge < -0.3 is 0 Å². The Labute approximate surface area is 159 Å². The summed E-state index contributed by atoms with van der Waals surface area (Å²) >= 11 is 5.99. The highest BCUT2D eigenvalue weighted by Crippen LogP contribution is 2.36. The van der Waals surface area contributed by atoms with Crippen molar-refractivity contribution in [3.63, 3.8) is 0 Å². The minimum atomic E-state index is 0.193. The largest absolute Gasteiger partial charge is 0.295 e. The molecular formula is C24H19ClO. The normalized spacial score (nSPS) is 17.0. The topological polar surface area (TPSA) is 17.1 Å². The Morgan fingerprint density at radius 1 is 0.692 bits per heavy atom. The molecule has 1 aliphatic rings. The highest BCUT2D eigenvalue weighted by Gasteiger charge is 2.23. The van der Waals surface area contributed by atoms with E-state index in [2.05, 4.69) is 36.4 Å². The molecule has 0 unspecified atom stereocenters. The fraction of sp³-hybridized carbons (Fsp3) is 0.125. The van der Waals surface area contributed by atoms with Crippen molar-refractivity contribution in [2.75, 3.05) is 0 Å². The first-order valence-electron chi connectivity index (χ1n) is 8.84. The molecule has 2 heteroatoms. The van der Waals surface area contributed by atoms with E-state index >= 15 is 0 Å². The maximum absolute atomic E-state index is 12.3. The average Bonchev–Trinajstić information content (AvgIpc) is 2.69. The third kappa shape index (κ3) is 3.63. The lowest BCUT2D eigenvalue weighted by Gasteiger charge is -2.23. The van der Waals surface area contributed by atoms with Crippen LogP contribution in [0.4, 0.5) is 0 Å². The van der Waals surface area contributed by atoms with Crippen molar-refractivity contribution in [3.05, 3.63) is 101 Å². The van der Waals surface area contributed by atoms with Crippen LogP contribution in [-0.4, -0.2) is 5.78 Å². The van der Waals surface area contributed by atoms with Crippen LogP contribution in [0.2, 0.25) is 5.02 Å². The summed E-state index contributed by atoms with van der Waals surface area (Å²) in [5.74, 6) is 0.409. The number of carbonyl (C=O) groups excluding carboxylic acids is 1. The third-order valence-electron chi connectivity index (χ3n) is 4.95. The van der Waals surface area contributed by atoms with Crippen LogP contribution < -0.4 is 0 Å². The fourth-order valence-electron chi connectivity index (χ4n) is 3.57. The molecule has 0 bridgehead atoms. The number of carbonyl (C=O) groups is 1. The van der Waals surface area contributed by atoms with Crippen LogP contribution in [0.15, 0.2) is 84.9 Å². The third-order valence-corrected chi connectivity index (χ3v) is 5.21. The Balaban J connectivity index is 1.58. The predicted octanol–water partition coefficient (Wildman–Crippen LogP) is 6.54. The van der Waals surface area contributed by atoms with Gasteiger partial charge in [0.2, 0.25) is 0 Å². The van der Waals surface area contributed by atoms with Gasteiger partial charge in [0.1, 0.15) is 0 Å². The Kier molecular flexibility index (Phi) is 4.73. The van der Waals surface area contributed by atoms with Crippen LogP contribution in [0.25, 0.3) is 16.7 Å². The molecule has 128 valence electrons. The van der Waals surface area contributed by atoms with E-state index in [1.54, 1.807) is 0 Å². The molecule has 4 rings (SSSR count). The Morgan fingerprint density at radius 2 is 1.31 bits per heavy atom.